The van der Waals surface area contributed by atoms with Crippen molar-refractivity contribution in [3.05, 3.63) is 28.8 Å². The number of benzene rings is 1. The molecule has 0 saturated carbocycles. The van der Waals surface area contributed by atoms with Crippen molar-refractivity contribution in [2.45, 2.75) is 19.0 Å². The Kier molecular flexibility index (Phi) is 4.78. The fourth-order valence-electron chi connectivity index (χ4n) is 2.30. The molecule has 3 nitrogen and oxygen atoms in total. The highest BCUT2D eigenvalue weighted by Gasteiger charge is 2.31. The maximum atomic E-state index is 12.7. The van der Waals surface area contributed by atoms with E-state index in [2.05, 4.69) is 10.2 Å². The van der Waals surface area contributed by atoms with Crippen LogP contribution >= 0.6 is 11.6 Å². The van der Waals surface area contributed by atoms with Crippen molar-refractivity contribution < 1.29 is 18.0 Å². The molecule has 2 rings (SSSR count). The number of nitrogens with one attached hydrogen (secondary N) is 1. The molecule has 0 unspecified atom stereocenters. The number of carbonyl (C=O) groups excluding carboxylic acids is 1. The SMILES string of the molecule is CN1CCC(C(=O)Nc2cc(C(F)(F)F)ccc2Cl)CC1. The Hall–Kier alpha value is -1.27. The first kappa shape index (κ1) is 16.1. The van der Waals surface area contributed by atoms with Gasteiger partial charge in [0.15, 0.2) is 0 Å². The first-order valence-electron chi connectivity index (χ1n) is 6.63. The van der Waals surface area contributed by atoms with Gasteiger partial charge in [0.25, 0.3) is 0 Å². The Morgan fingerprint density at radius 3 is 2.52 bits per heavy atom. The van der Waals surface area contributed by atoms with Crippen molar-refractivity contribution in [1.29, 1.82) is 0 Å². The molecule has 1 aliphatic rings. The molecule has 1 amide bonds. The summed E-state index contributed by atoms with van der Waals surface area (Å²) in [7, 11) is 1.97. The van der Waals surface area contributed by atoms with Gasteiger partial charge in [-0.25, -0.2) is 0 Å². The molecule has 0 radical (unpaired) electrons. The highest BCUT2D eigenvalue weighted by molar-refractivity contribution is 6.33. The van der Waals surface area contributed by atoms with E-state index in [-0.39, 0.29) is 22.5 Å². The number of rotatable bonds is 2. The molecule has 0 spiro atoms. The largest absolute Gasteiger partial charge is 0.416 e. The lowest BCUT2D eigenvalue weighted by Crippen LogP contribution is -2.36. The molecule has 1 fully saturated rings. The number of piperidine rings is 1. The lowest BCUT2D eigenvalue weighted by atomic mass is 9.96. The summed E-state index contributed by atoms with van der Waals surface area (Å²) in [6, 6.07) is 2.91. The van der Waals surface area contributed by atoms with Crippen molar-refractivity contribution in [3.8, 4) is 0 Å². The number of likely N-dealkylation sites (tertiary alicyclic amines) is 1. The molecule has 0 aliphatic carbocycles. The summed E-state index contributed by atoms with van der Waals surface area (Å²) < 4.78 is 38.0. The molecule has 7 heteroatoms. The minimum atomic E-state index is -4.46. The van der Waals surface area contributed by atoms with E-state index >= 15 is 0 Å². The summed E-state index contributed by atoms with van der Waals surface area (Å²) in [5, 5.41) is 2.62. The predicted octanol–water partition coefficient (Wildman–Crippen LogP) is 3.64. The molecular formula is C14H16ClF3N2O. The summed E-state index contributed by atoms with van der Waals surface area (Å²) in [6.07, 6.45) is -3.07. The lowest BCUT2D eigenvalue weighted by molar-refractivity contribution is -0.137. The minimum Gasteiger partial charge on any atom is -0.325 e. The highest BCUT2D eigenvalue weighted by atomic mass is 35.5. The van der Waals surface area contributed by atoms with Crippen molar-refractivity contribution in [2.24, 2.45) is 5.92 Å². The molecule has 1 aromatic rings. The van der Waals surface area contributed by atoms with Gasteiger partial charge in [-0.15, -0.1) is 0 Å². The topological polar surface area (TPSA) is 32.3 Å². The van der Waals surface area contributed by atoms with E-state index in [0.717, 1.165) is 31.3 Å². The molecule has 116 valence electrons. The molecule has 1 aromatic carbocycles. The second kappa shape index (κ2) is 6.23. The van der Waals surface area contributed by atoms with Crippen LogP contribution in [0, 0.1) is 5.92 Å². The first-order chi connectivity index (χ1) is 9.77. The third-order valence-electron chi connectivity index (χ3n) is 3.64. The minimum absolute atomic E-state index is 0.00965. The quantitative estimate of drug-likeness (QED) is 0.902. The number of anilines is 1. The molecule has 0 atom stereocenters. The zero-order valence-electron chi connectivity index (χ0n) is 11.5. The summed E-state index contributed by atoms with van der Waals surface area (Å²) in [5.41, 5.74) is -0.819. The molecule has 1 saturated heterocycles. The average Bonchev–Trinajstić information content (AvgIpc) is 2.40. The Morgan fingerprint density at radius 2 is 1.95 bits per heavy atom. The number of amides is 1. The Balaban J connectivity index is 2.10. The van der Waals surface area contributed by atoms with Crippen LogP contribution in [-0.4, -0.2) is 30.9 Å². The zero-order valence-corrected chi connectivity index (χ0v) is 12.3. The molecular weight excluding hydrogens is 305 g/mol. The van der Waals surface area contributed by atoms with E-state index in [9.17, 15) is 18.0 Å². The van der Waals surface area contributed by atoms with Crippen molar-refractivity contribution >= 4 is 23.2 Å². The highest BCUT2D eigenvalue weighted by Crippen LogP contribution is 2.34. The van der Waals surface area contributed by atoms with Crippen LogP contribution in [0.1, 0.15) is 18.4 Å². The fourth-order valence-corrected chi connectivity index (χ4v) is 2.47. The summed E-state index contributed by atoms with van der Waals surface area (Å²) in [5.74, 6) is -0.462. The summed E-state index contributed by atoms with van der Waals surface area (Å²) in [6.45, 7) is 1.60. The lowest BCUT2D eigenvalue weighted by Gasteiger charge is -2.28. The van der Waals surface area contributed by atoms with E-state index < -0.39 is 11.7 Å². The van der Waals surface area contributed by atoms with Gasteiger partial charge in [0.1, 0.15) is 0 Å². The van der Waals surface area contributed by atoms with Crippen LogP contribution in [0.5, 0.6) is 0 Å². The van der Waals surface area contributed by atoms with E-state index in [1.807, 2.05) is 7.05 Å². The molecule has 0 aromatic heterocycles. The van der Waals surface area contributed by atoms with Crippen LogP contribution in [0.4, 0.5) is 18.9 Å². The fraction of sp³-hybridized carbons (Fsp3) is 0.500. The van der Waals surface area contributed by atoms with Gasteiger partial charge >= 0.3 is 6.18 Å². The predicted molar refractivity (Wildman–Crippen MR) is 75.3 cm³/mol. The summed E-state index contributed by atoms with van der Waals surface area (Å²) >= 11 is 5.86. The van der Waals surface area contributed by atoms with Gasteiger partial charge in [-0.05, 0) is 51.2 Å². The van der Waals surface area contributed by atoms with Crippen molar-refractivity contribution in [3.63, 3.8) is 0 Å². The van der Waals surface area contributed by atoms with Crippen molar-refractivity contribution in [2.75, 3.05) is 25.5 Å². The van der Waals surface area contributed by atoms with Gasteiger partial charge < -0.3 is 10.2 Å². The number of carbonyl (C=O) groups is 1. The first-order valence-corrected chi connectivity index (χ1v) is 7.01. The Bertz CT molecular complexity index is 525. The monoisotopic (exact) mass is 320 g/mol. The maximum absolute atomic E-state index is 12.7. The number of nitrogens with zero attached hydrogens (tertiary/aromatic N) is 1. The Morgan fingerprint density at radius 1 is 1.33 bits per heavy atom. The summed E-state index contributed by atoms with van der Waals surface area (Å²) in [4.78, 5) is 14.2. The van der Waals surface area contributed by atoms with Crippen LogP contribution in [0.25, 0.3) is 0 Å². The van der Waals surface area contributed by atoms with E-state index in [4.69, 9.17) is 11.6 Å². The standard InChI is InChI=1S/C14H16ClF3N2O/c1-20-6-4-9(5-7-20)13(21)19-12-8-10(14(16,17)18)2-3-11(12)15/h2-3,8-9H,4-7H2,1H3,(H,19,21). The van der Waals surface area contributed by atoms with Crippen LogP contribution < -0.4 is 5.32 Å². The second-order valence-corrected chi connectivity index (χ2v) is 5.67. The third kappa shape index (κ3) is 4.11. The number of hydrogen-bond donors (Lipinski definition) is 1. The normalized spacial score (nSPS) is 17.8. The van der Waals surface area contributed by atoms with Gasteiger partial charge in [0.2, 0.25) is 5.91 Å². The maximum Gasteiger partial charge on any atom is 0.416 e. The van der Waals surface area contributed by atoms with E-state index in [1.54, 1.807) is 0 Å². The van der Waals surface area contributed by atoms with Crippen LogP contribution in [0.2, 0.25) is 5.02 Å². The molecule has 0 bridgehead atoms. The van der Waals surface area contributed by atoms with Crippen molar-refractivity contribution in [1.82, 2.24) is 4.90 Å². The van der Waals surface area contributed by atoms with Gasteiger partial charge in [0, 0.05) is 5.92 Å². The number of hydrogen-bond acceptors (Lipinski definition) is 2. The van der Waals surface area contributed by atoms with Gasteiger partial charge in [-0.3, -0.25) is 4.79 Å². The van der Waals surface area contributed by atoms with Gasteiger partial charge in [-0.2, -0.15) is 13.2 Å². The van der Waals surface area contributed by atoms with Gasteiger partial charge in [0.05, 0.1) is 16.3 Å². The third-order valence-corrected chi connectivity index (χ3v) is 3.97. The molecule has 1 heterocycles. The molecule has 1 N–H and O–H groups in total. The van der Waals surface area contributed by atoms with E-state index in [0.29, 0.717) is 12.8 Å². The van der Waals surface area contributed by atoms with Crippen LogP contribution in [0.15, 0.2) is 18.2 Å². The Labute approximate surface area is 126 Å². The average molecular weight is 321 g/mol. The number of halogens is 4. The molecule has 21 heavy (non-hydrogen) atoms. The molecule has 1 aliphatic heterocycles. The smallest absolute Gasteiger partial charge is 0.325 e. The van der Waals surface area contributed by atoms with Crippen LogP contribution in [-0.2, 0) is 11.0 Å². The van der Waals surface area contributed by atoms with E-state index in [1.165, 1.54) is 0 Å². The van der Waals surface area contributed by atoms with Crippen LogP contribution in [0.3, 0.4) is 0 Å². The number of alkyl halides is 3. The second-order valence-electron chi connectivity index (χ2n) is 5.26. The van der Waals surface area contributed by atoms with Gasteiger partial charge in [-0.1, -0.05) is 11.6 Å². The zero-order chi connectivity index (χ0) is 15.6.